The summed E-state index contributed by atoms with van der Waals surface area (Å²) in [6, 6.07) is 9.43. The molecule has 1 N–H and O–H groups in total. The van der Waals surface area contributed by atoms with E-state index < -0.39 is 0 Å². The Morgan fingerprint density at radius 2 is 1.92 bits per heavy atom. The second-order valence-electron chi connectivity index (χ2n) is 5.68. The van der Waals surface area contributed by atoms with Crippen LogP contribution in [0.2, 0.25) is 0 Å². The highest BCUT2D eigenvalue weighted by Gasteiger charge is 2.12. The van der Waals surface area contributed by atoms with Crippen molar-refractivity contribution < 1.29 is 14.1 Å². The first kappa shape index (κ1) is 16.7. The van der Waals surface area contributed by atoms with Gasteiger partial charge in [-0.3, -0.25) is 9.78 Å². The molecule has 0 fully saturated rings. The highest BCUT2D eigenvalue weighted by Crippen LogP contribution is 2.22. The Hall–Kier alpha value is -3.15. The van der Waals surface area contributed by atoms with Gasteiger partial charge in [-0.05, 0) is 37.6 Å². The van der Waals surface area contributed by atoms with E-state index in [9.17, 15) is 4.79 Å². The van der Waals surface area contributed by atoms with Gasteiger partial charge in [-0.25, -0.2) is 0 Å². The van der Waals surface area contributed by atoms with Gasteiger partial charge in [0.15, 0.2) is 0 Å². The van der Waals surface area contributed by atoms with Crippen LogP contribution in [0.25, 0.3) is 11.1 Å². The molecule has 25 heavy (non-hydrogen) atoms. The van der Waals surface area contributed by atoms with Crippen molar-refractivity contribution in [2.24, 2.45) is 0 Å². The van der Waals surface area contributed by atoms with E-state index in [4.69, 9.17) is 9.26 Å². The summed E-state index contributed by atoms with van der Waals surface area (Å²) in [7, 11) is 1.63. The molecule has 6 heteroatoms. The van der Waals surface area contributed by atoms with Crippen molar-refractivity contribution in [2.45, 2.75) is 20.4 Å². The molecular weight excluding hydrogens is 318 g/mol. The van der Waals surface area contributed by atoms with E-state index in [0.717, 1.165) is 28.1 Å². The maximum absolute atomic E-state index is 12.4. The van der Waals surface area contributed by atoms with Crippen LogP contribution in [0, 0.1) is 13.8 Å². The Labute approximate surface area is 145 Å². The number of carbonyl (C=O) groups is 1. The van der Waals surface area contributed by atoms with Crippen LogP contribution in [0.1, 0.15) is 27.4 Å². The largest absolute Gasteiger partial charge is 0.497 e. The van der Waals surface area contributed by atoms with E-state index >= 15 is 0 Å². The maximum Gasteiger partial charge on any atom is 0.253 e. The van der Waals surface area contributed by atoms with Crippen molar-refractivity contribution in [1.82, 2.24) is 15.5 Å². The van der Waals surface area contributed by atoms with Crippen molar-refractivity contribution in [3.63, 3.8) is 0 Å². The van der Waals surface area contributed by atoms with E-state index in [1.54, 1.807) is 19.5 Å². The highest BCUT2D eigenvalue weighted by molar-refractivity contribution is 5.95. The first-order chi connectivity index (χ1) is 12.1. The lowest BCUT2D eigenvalue weighted by Gasteiger charge is -2.07. The number of aryl methyl sites for hydroxylation is 2. The number of pyridine rings is 1. The third-order valence-electron chi connectivity index (χ3n) is 4.03. The molecule has 2 aromatic heterocycles. The number of benzene rings is 1. The zero-order chi connectivity index (χ0) is 17.8. The van der Waals surface area contributed by atoms with E-state index in [2.05, 4.69) is 15.5 Å². The fourth-order valence-electron chi connectivity index (χ4n) is 2.53. The quantitative estimate of drug-likeness (QED) is 0.773. The summed E-state index contributed by atoms with van der Waals surface area (Å²) in [4.78, 5) is 16.6. The molecule has 6 nitrogen and oxygen atoms in total. The number of rotatable bonds is 5. The van der Waals surface area contributed by atoms with Gasteiger partial charge in [0.25, 0.3) is 5.91 Å². The van der Waals surface area contributed by atoms with Crippen LogP contribution >= 0.6 is 0 Å². The molecule has 0 aliphatic rings. The lowest BCUT2D eigenvalue weighted by Crippen LogP contribution is -2.23. The van der Waals surface area contributed by atoms with Gasteiger partial charge in [0.1, 0.15) is 11.5 Å². The third kappa shape index (κ3) is 3.68. The van der Waals surface area contributed by atoms with Gasteiger partial charge in [-0.15, -0.1) is 0 Å². The molecule has 0 spiro atoms. The Morgan fingerprint density at radius 1 is 1.16 bits per heavy atom. The van der Waals surface area contributed by atoms with E-state index in [0.29, 0.717) is 17.9 Å². The summed E-state index contributed by atoms with van der Waals surface area (Å²) in [5, 5.41) is 6.77. The number of carbonyl (C=O) groups excluding carboxylic acids is 1. The number of methoxy groups -OCH3 is 1. The Kier molecular flexibility index (Phi) is 4.79. The van der Waals surface area contributed by atoms with Gasteiger partial charge in [0, 0.05) is 30.1 Å². The van der Waals surface area contributed by atoms with Crippen LogP contribution in [-0.4, -0.2) is 23.2 Å². The van der Waals surface area contributed by atoms with Gasteiger partial charge in [-0.2, -0.15) is 0 Å². The highest BCUT2D eigenvalue weighted by atomic mass is 16.5. The molecule has 0 aliphatic carbocycles. The van der Waals surface area contributed by atoms with E-state index in [1.165, 1.54) is 0 Å². The summed E-state index contributed by atoms with van der Waals surface area (Å²) < 4.78 is 10.3. The van der Waals surface area contributed by atoms with Gasteiger partial charge >= 0.3 is 0 Å². The van der Waals surface area contributed by atoms with Crippen molar-refractivity contribution in [2.75, 3.05) is 7.11 Å². The summed E-state index contributed by atoms with van der Waals surface area (Å²) in [5.41, 5.74) is 4.01. The number of ether oxygens (including phenoxy) is 1. The molecule has 3 rings (SSSR count). The van der Waals surface area contributed by atoms with Crippen molar-refractivity contribution >= 4 is 5.91 Å². The van der Waals surface area contributed by atoms with Crippen LogP contribution in [-0.2, 0) is 6.54 Å². The summed E-state index contributed by atoms with van der Waals surface area (Å²) in [5.74, 6) is 1.30. The molecular formula is C19H19N3O3. The van der Waals surface area contributed by atoms with Crippen molar-refractivity contribution in [3.8, 4) is 16.9 Å². The van der Waals surface area contributed by atoms with Gasteiger partial charge in [0.2, 0.25) is 0 Å². The van der Waals surface area contributed by atoms with Crippen LogP contribution in [0.5, 0.6) is 5.75 Å². The fraction of sp³-hybridized carbons (Fsp3) is 0.211. The van der Waals surface area contributed by atoms with Crippen molar-refractivity contribution in [3.05, 3.63) is 65.3 Å². The van der Waals surface area contributed by atoms with Gasteiger partial charge in [0.05, 0.1) is 18.4 Å². The lowest BCUT2D eigenvalue weighted by atomic mass is 10.1. The molecule has 1 amide bonds. The van der Waals surface area contributed by atoms with E-state index in [-0.39, 0.29) is 5.91 Å². The smallest absolute Gasteiger partial charge is 0.253 e. The fourth-order valence-corrected chi connectivity index (χ4v) is 2.53. The monoisotopic (exact) mass is 337 g/mol. The second-order valence-corrected chi connectivity index (χ2v) is 5.68. The minimum Gasteiger partial charge on any atom is -0.497 e. The maximum atomic E-state index is 12.4. The molecule has 0 bridgehead atoms. The molecule has 0 radical (unpaired) electrons. The van der Waals surface area contributed by atoms with Gasteiger partial charge in [-0.1, -0.05) is 17.3 Å². The van der Waals surface area contributed by atoms with Crippen LogP contribution < -0.4 is 10.1 Å². The molecule has 1 aromatic carbocycles. The Bertz CT molecular complexity index is 866. The number of hydrogen-bond acceptors (Lipinski definition) is 5. The zero-order valence-electron chi connectivity index (χ0n) is 14.4. The Balaban J connectivity index is 1.75. The number of nitrogens with zero attached hydrogens (tertiary/aromatic N) is 2. The van der Waals surface area contributed by atoms with Crippen LogP contribution in [0.3, 0.4) is 0 Å². The molecule has 0 unspecified atom stereocenters. The minimum atomic E-state index is -0.192. The molecule has 2 heterocycles. The first-order valence-corrected chi connectivity index (χ1v) is 7.88. The molecule has 0 atom stereocenters. The van der Waals surface area contributed by atoms with Crippen LogP contribution in [0.15, 0.2) is 47.2 Å². The SMILES string of the molecule is COc1ccc(-c2cncc(C(=O)NCc3c(C)noc3C)c2)cc1. The molecule has 128 valence electrons. The number of amides is 1. The normalized spacial score (nSPS) is 10.5. The average Bonchev–Trinajstić information content (AvgIpc) is 2.98. The zero-order valence-corrected chi connectivity index (χ0v) is 14.4. The standard InChI is InChI=1S/C19H19N3O3/c1-12-18(13(2)25-22-12)11-21-19(23)16-8-15(9-20-10-16)14-4-6-17(24-3)7-5-14/h4-10H,11H2,1-3H3,(H,21,23). The van der Waals surface area contributed by atoms with E-state index in [1.807, 2.05) is 44.2 Å². The third-order valence-corrected chi connectivity index (χ3v) is 4.03. The summed E-state index contributed by atoms with van der Waals surface area (Å²) >= 11 is 0. The minimum absolute atomic E-state index is 0.192. The van der Waals surface area contributed by atoms with Crippen LogP contribution in [0.4, 0.5) is 0 Å². The van der Waals surface area contributed by atoms with Crippen molar-refractivity contribution in [1.29, 1.82) is 0 Å². The molecule has 0 aliphatic heterocycles. The topological polar surface area (TPSA) is 77.2 Å². The summed E-state index contributed by atoms with van der Waals surface area (Å²) in [6.45, 7) is 4.05. The first-order valence-electron chi connectivity index (χ1n) is 7.88. The van der Waals surface area contributed by atoms with Gasteiger partial charge < -0.3 is 14.6 Å². The average molecular weight is 337 g/mol. The Morgan fingerprint density at radius 3 is 2.56 bits per heavy atom. The number of hydrogen-bond donors (Lipinski definition) is 1. The second kappa shape index (κ2) is 7.17. The number of nitrogens with one attached hydrogen (secondary N) is 1. The molecule has 0 saturated heterocycles. The predicted molar refractivity (Wildman–Crippen MR) is 93.4 cm³/mol. The molecule has 3 aromatic rings. The number of aromatic nitrogens is 2. The summed E-state index contributed by atoms with van der Waals surface area (Å²) in [6.07, 6.45) is 3.28. The predicted octanol–water partition coefficient (Wildman–Crippen LogP) is 3.29. The molecule has 0 saturated carbocycles. The lowest BCUT2D eigenvalue weighted by molar-refractivity contribution is 0.0950.